The molecule has 0 spiro atoms. The maximum atomic E-state index is 13.0. The fourth-order valence-electron chi connectivity index (χ4n) is 4.83. The van der Waals surface area contributed by atoms with Crippen molar-refractivity contribution in [1.82, 2.24) is 19.7 Å². The van der Waals surface area contributed by atoms with Gasteiger partial charge in [0.2, 0.25) is 5.91 Å². The minimum atomic E-state index is -0.864. The summed E-state index contributed by atoms with van der Waals surface area (Å²) in [6, 6.07) is 7.27. The molecule has 2 aromatic heterocycles. The van der Waals surface area contributed by atoms with Crippen LogP contribution in [0.1, 0.15) is 30.2 Å². The van der Waals surface area contributed by atoms with E-state index in [1.807, 2.05) is 10.6 Å². The molecule has 1 unspecified atom stereocenters. The van der Waals surface area contributed by atoms with Gasteiger partial charge in [-0.1, -0.05) is 6.07 Å². The molecule has 9 nitrogen and oxygen atoms in total. The Hall–Kier alpha value is -3.36. The summed E-state index contributed by atoms with van der Waals surface area (Å²) in [4.78, 5) is 52.8. The molecule has 9 heteroatoms. The first-order valence-electron chi connectivity index (χ1n) is 10.1. The van der Waals surface area contributed by atoms with Gasteiger partial charge in [0.25, 0.3) is 11.5 Å². The van der Waals surface area contributed by atoms with Gasteiger partial charge in [0, 0.05) is 37.3 Å². The molecular formula is C21H22N4O5. The van der Waals surface area contributed by atoms with Crippen molar-refractivity contribution in [3.63, 3.8) is 0 Å². The number of imide groups is 1. The number of fused-ring (bicyclic) bond motifs is 4. The van der Waals surface area contributed by atoms with Gasteiger partial charge in [-0.15, -0.1) is 0 Å². The lowest BCUT2D eigenvalue weighted by Gasteiger charge is -2.43. The highest BCUT2D eigenvalue weighted by molar-refractivity contribution is 6.05. The second-order valence-electron chi connectivity index (χ2n) is 8.21. The van der Waals surface area contributed by atoms with E-state index in [-0.39, 0.29) is 36.3 Å². The largest absolute Gasteiger partial charge is 0.467 e. The maximum absolute atomic E-state index is 13.0. The fourth-order valence-corrected chi connectivity index (χ4v) is 4.83. The van der Waals surface area contributed by atoms with Crippen molar-refractivity contribution >= 4 is 17.8 Å². The molecule has 0 saturated carbocycles. The molecule has 2 bridgehead atoms. The molecule has 0 radical (unpaired) electrons. The Morgan fingerprint density at radius 3 is 2.77 bits per heavy atom. The molecule has 1 N–H and O–H groups in total. The number of furan rings is 1. The number of urea groups is 1. The number of piperidine rings is 1. The van der Waals surface area contributed by atoms with Crippen LogP contribution in [0, 0.1) is 5.92 Å². The Morgan fingerprint density at radius 1 is 1.10 bits per heavy atom. The van der Waals surface area contributed by atoms with Gasteiger partial charge in [-0.3, -0.25) is 19.3 Å². The Morgan fingerprint density at radius 2 is 1.97 bits per heavy atom. The molecule has 5 heterocycles. The third kappa shape index (κ3) is 3.20. The standard InChI is InChI=1S/C21H22N4O5/c26-18-5-1-4-17-14-7-13(10-24(17)18)9-23(11-14)19(27)8-16-20(28)25(21(29)22-16)12-15-3-2-6-30-15/h1-6,13-14,16H,7-12H2,(H,22,29)/t13-,14+,16?/m1/s1. The van der Waals surface area contributed by atoms with E-state index < -0.39 is 18.0 Å². The van der Waals surface area contributed by atoms with Crippen LogP contribution in [0.25, 0.3) is 0 Å². The number of nitrogens with one attached hydrogen (secondary N) is 1. The minimum absolute atomic E-state index is 0.00195. The van der Waals surface area contributed by atoms with E-state index in [4.69, 9.17) is 4.42 Å². The van der Waals surface area contributed by atoms with Gasteiger partial charge in [-0.05, 0) is 30.5 Å². The first-order chi connectivity index (χ1) is 14.5. The summed E-state index contributed by atoms with van der Waals surface area (Å²) in [7, 11) is 0. The van der Waals surface area contributed by atoms with E-state index in [1.54, 1.807) is 29.2 Å². The average molecular weight is 410 g/mol. The Kier molecular flexibility index (Phi) is 4.45. The number of hydrogen-bond acceptors (Lipinski definition) is 5. The molecule has 156 valence electrons. The van der Waals surface area contributed by atoms with Crippen molar-refractivity contribution in [2.45, 2.75) is 37.9 Å². The molecule has 0 aliphatic carbocycles. The van der Waals surface area contributed by atoms with Crippen LogP contribution in [-0.2, 0) is 22.7 Å². The minimum Gasteiger partial charge on any atom is -0.467 e. The Balaban J connectivity index is 1.26. The van der Waals surface area contributed by atoms with Gasteiger partial charge >= 0.3 is 6.03 Å². The third-order valence-corrected chi connectivity index (χ3v) is 6.21. The maximum Gasteiger partial charge on any atom is 0.325 e. The van der Waals surface area contributed by atoms with Crippen LogP contribution in [0.4, 0.5) is 4.79 Å². The summed E-state index contributed by atoms with van der Waals surface area (Å²) in [6.07, 6.45) is 2.36. The molecular weight excluding hydrogens is 388 g/mol. The zero-order valence-corrected chi connectivity index (χ0v) is 16.3. The topological polar surface area (TPSA) is 105 Å². The molecule has 3 atom stereocenters. The van der Waals surface area contributed by atoms with Crippen molar-refractivity contribution in [3.8, 4) is 0 Å². The fraction of sp³-hybridized carbons (Fsp3) is 0.429. The third-order valence-electron chi connectivity index (χ3n) is 6.21. The lowest BCUT2D eigenvalue weighted by molar-refractivity contribution is -0.137. The van der Waals surface area contributed by atoms with Gasteiger partial charge in [-0.25, -0.2) is 4.79 Å². The first-order valence-corrected chi connectivity index (χ1v) is 10.1. The normalized spacial score (nSPS) is 25.3. The van der Waals surface area contributed by atoms with E-state index in [0.29, 0.717) is 25.4 Å². The zero-order valence-electron chi connectivity index (χ0n) is 16.3. The summed E-state index contributed by atoms with van der Waals surface area (Å²) in [5.74, 6) is 0.251. The summed E-state index contributed by atoms with van der Waals surface area (Å²) in [6.45, 7) is 1.72. The Labute approximate surface area is 172 Å². The number of amides is 4. The number of hydrogen-bond donors (Lipinski definition) is 1. The highest BCUT2D eigenvalue weighted by Crippen LogP contribution is 2.35. The van der Waals surface area contributed by atoms with Crippen LogP contribution in [-0.4, -0.2) is 51.3 Å². The van der Waals surface area contributed by atoms with Crippen LogP contribution >= 0.6 is 0 Å². The SMILES string of the molecule is O=C(CC1NC(=O)N(Cc2ccco2)C1=O)N1C[C@H]2C[C@@H](C1)c1cccc(=O)n1C2. The molecule has 5 rings (SSSR count). The number of carbonyl (C=O) groups is 3. The van der Waals surface area contributed by atoms with Gasteiger partial charge in [0.05, 0.1) is 19.2 Å². The molecule has 30 heavy (non-hydrogen) atoms. The van der Waals surface area contributed by atoms with Crippen molar-refractivity contribution in [2.75, 3.05) is 13.1 Å². The summed E-state index contributed by atoms with van der Waals surface area (Å²) < 4.78 is 7.02. The Bertz CT molecular complexity index is 1060. The van der Waals surface area contributed by atoms with Gasteiger partial charge in [0.15, 0.2) is 0 Å². The molecule has 3 aliphatic heterocycles. The van der Waals surface area contributed by atoms with Crippen LogP contribution < -0.4 is 10.9 Å². The van der Waals surface area contributed by atoms with E-state index >= 15 is 0 Å². The number of likely N-dealkylation sites (tertiary alicyclic amines) is 1. The van der Waals surface area contributed by atoms with Crippen LogP contribution in [0.3, 0.4) is 0 Å². The summed E-state index contributed by atoms with van der Waals surface area (Å²) >= 11 is 0. The van der Waals surface area contributed by atoms with Crippen molar-refractivity contribution in [3.05, 3.63) is 58.4 Å². The van der Waals surface area contributed by atoms with Crippen molar-refractivity contribution in [2.24, 2.45) is 5.92 Å². The lowest BCUT2D eigenvalue weighted by Crippen LogP contribution is -2.50. The smallest absolute Gasteiger partial charge is 0.325 e. The van der Waals surface area contributed by atoms with Crippen LogP contribution in [0.2, 0.25) is 0 Å². The number of nitrogens with zero attached hydrogens (tertiary/aromatic N) is 3. The van der Waals surface area contributed by atoms with Crippen molar-refractivity contribution in [1.29, 1.82) is 0 Å². The van der Waals surface area contributed by atoms with Gasteiger partial charge in [-0.2, -0.15) is 0 Å². The lowest BCUT2D eigenvalue weighted by atomic mass is 9.83. The predicted molar refractivity (Wildman–Crippen MR) is 104 cm³/mol. The second-order valence-corrected chi connectivity index (χ2v) is 8.21. The van der Waals surface area contributed by atoms with Crippen molar-refractivity contribution < 1.29 is 18.8 Å². The summed E-state index contributed by atoms with van der Waals surface area (Å²) in [5, 5.41) is 2.61. The highest BCUT2D eigenvalue weighted by atomic mass is 16.3. The number of rotatable bonds is 4. The van der Waals surface area contributed by atoms with E-state index in [1.165, 1.54) is 6.26 Å². The number of pyridine rings is 1. The molecule has 0 aromatic carbocycles. The van der Waals surface area contributed by atoms with E-state index in [0.717, 1.165) is 17.0 Å². The second kappa shape index (κ2) is 7.16. The molecule has 2 fully saturated rings. The predicted octanol–water partition coefficient (Wildman–Crippen LogP) is 0.898. The van der Waals surface area contributed by atoms with E-state index in [2.05, 4.69) is 5.32 Å². The van der Waals surface area contributed by atoms with Gasteiger partial charge in [0.1, 0.15) is 11.8 Å². The zero-order chi connectivity index (χ0) is 20.8. The average Bonchev–Trinajstić information content (AvgIpc) is 3.33. The van der Waals surface area contributed by atoms with Gasteiger partial charge < -0.3 is 19.2 Å². The molecule has 2 saturated heterocycles. The molecule has 2 aromatic rings. The van der Waals surface area contributed by atoms with Crippen LogP contribution in [0.15, 0.2) is 45.8 Å². The monoisotopic (exact) mass is 410 g/mol. The number of carbonyl (C=O) groups excluding carboxylic acids is 3. The molecule has 4 amide bonds. The highest BCUT2D eigenvalue weighted by Gasteiger charge is 2.42. The van der Waals surface area contributed by atoms with E-state index in [9.17, 15) is 19.2 Å². The molecule has 3 aliphatic rings. The quantitative estimate of drug-likeness (QED) is 0.754. The summed E-state index contributed by atoms with van der Waals surface area (Å²) in [5.41, 5.74) is 0.962. The van der Waals surface area contributed by atoms with Crippen LogP contribution in [0.5, 0.6) is 0 Å². The first kappa shape index (κ1) is 18.7. The number of aromatic nitrogens is 1.